The molecule has 7 nitrogen and oxygen atoms in total. The van der Waals surface area contributed by atoms with Crippen LogP contribution in [0.2, 0.25) is 0 Å². The molecular weight excluding hydrogens is 238 g/mol. The molecule has 1 aromatic heterocycles. The number of anilines is 2. The number of rotatable bonds is 2. The lowest BCUT2D eigenvalue weighted by Crippen LogP contribution is -2.13. The van der Waals surface area contributed by atoms with E-state index in [0.29, 0.717) is 22.9 Å². The summed E-state index contributed by atoms with van der Waals surface area (Å²) in [6.45, 7) is 0.148. The number of nitrogen functional groups attached to an aromatic ring is 1. The fourth-order valence-corrected chi connectivity index (χ4v) is 1.58. The number of nitrogens with two attached hydrogens (primary N) is 1. The maximum atomic E-state index is 11.8. The van der Waals surface area contributed by atoms with Gasteiger partial charge in [0.25, 0.3) is 5.91 Å². The smallest absolute Gasteiger partial charge is 0.277 e. The van der Waals surface area contributed by atoms with Crippen LogP contribution in [0.15, 0.2) is 29.0 Å². The van der Waals surface area contributed by atoms with Crippen molar-refractivity contribution in [2.45, 2.75) is 0 Å². The maximum absolute atomic E-state index is 11.8. The zero-order valence-electron chi connectivity index (χ0n) is 9.17. The first-order valence-corrected chi connectivity index (χ1v) is 5.15. The van der Waals surface area contributed by atoms with Crippen molar-refractivity contribution in [3.63, 3.8) is 0 Å². The zero-order valence-corrected chi connectivity index (χ0v) is 9.17. The molecule has 1 aliphatic rings. The van der Waals surface area contributed by atoms with Crippen molar-refractivity contribution in [2.75, 3.05) is 17.8 Å². The molecule has 3 rings (SSSR count). The molecule has 7 heteroatoms. The van der Waals surface area contributed by atoms with Crippen molar-refractivity contribution < 1.29 is 18.8 Å². The van der Waals surface area contributed by atoms with Gasteiger partial charge < -0.3 is 25.0 Å². The highest BCUT2D eigenvalue weighted by Gasteiger charge is 2.18. The monoisotopic (exact) mass is 247 g/mol. The Balaban J connectivity index is 1.87. The average Bonchev–Trinajstić information content (AvgIpc) is 2.98. The van der Waals surface area contributed by atoms with Gasteiger partial charge in [-0.2, -0.15) is 0 Å². The van der Waals surface area contributed by atoms with Crippen molar-refractivity contribution in [3.05, 3.63) is 30.2 Å². The second-order valence-corrected chi connectivity index (χ2v) is 3.63. The number of nitrogens with zero attached hydrogens (tertiary/aromatic N) is 1. The minimum Gasteiger partial charge on any atom is -0.454 e. The zero-order chi connectivity index (χ0) is 12.5. The van der Waals surface area contributed by atoms with Gasteiger partial charge >= 0.3 is 0 Å². The summed E-state index contributed by atoms with van der Waals surface area (Å²) in [6, 6.07) is 4.66. The lowest BCUT2D eigenvalue weighted by molar-refractivity contribution is 0.101. The van der Waals surface area contributed by atoms with E-state index >= 15 is 0 Å². The Hall–Kier alpha value is -2.70. The Morgan fingerprint density at radius 1 is 1.33 bits per heavy atom. The van der Waals surface area contributed by atoms with Crippen LogP contribution in [0.1, 0.15) is 10.5 Å². The van der Waals surface area contributed by atoms with Gasteiger partial charge in [-0.25, -0.2) is 0 Å². The molecule has 1 aliphatic heterocycles. The van der Waals surface area contributed by atoms with Crippen LogP contribution in [0.3, 0.4) is 0 Å². The SMILES string of the molecule is Nc1cc2c(cc1NC(=O)c1ccon1)OCO2. The van der Waals surface area contributed by atoms with Crippen molar-refractivity contribution in [1.29, 1.82) is 0 Å². The van der Waals surface area contributed by atoms with Crippen LogP contribution in [0, 0.1) is 0 Å². The molecule has 0 bridgehead atoms. The number of carbonyl (C=O) groups excluding carboxylic acids is 1. The molecule has 1 aromatic carbocycles. The number of carbonyl (C=O) groups is 1. The van der Waals surface area contributed by atoms with E-state index in [0.717, 1.165) is 0 Å². The number of fused-ring (bicyclic) bond motifs is 1. The molecule has 18 heavy (non-hydrogen) atoms. The van der Waals surface area contributed by atoms with Gasteiger partial charge in [-0.1, -0.05) is 5.16 Å². The molecule has 0 atom stereocenters. The van der Waals surface area contributed by atoms with E-state index in [9.17, 15) is 4.79 Å². The van der Waals surface area contributed by atoms with Crippen LogP contribution in [-0.2, 0) is 0 Å². The molecule has 3 N–H and O–H groups in total. The quantitative estimate of drug-likeness (QED) is 0.774. The molecular formula is C11H9N3O4. The molecule has 0 spiro atoms. The molecule has 0 unspecified atom stereocenters. The Labute approximate surface area is 101 Å². The highest BCUT2D eigenvalue weighted by Crippen LogP contribution is 2.38. The van der Waals surface area contributed by atoms with Gasteiger partial charge in [0.2, 0.25) is 6.79 Å². The second kappa shape index (κ2) is 3.95. The first kappa shape index (κ1) is 10.5. The second-order valence-electron chi connectivity index (χ2n) is 3.63. The topological polar surface area (TPSA) is 99.6 Å². The first-order chi connectivity index (χ1) is 8.74. The van der Waals surface area contributed by atoms with Crippen LogP contribution in [0.4, 0.5) is 11.4 Å². The third kappa shape index (κ3) is 1.71. The third-order valence-corrected chi connectivity index (χ3v) is 2.46. The summed E-state index contributed by atoms with van der Waals surface area (Å²) >= 11 is 0. The van der Waals surface area contributed by atoms with E-state index in [2.05, 4.69) is 15.0 Å². The molecule has 0 saturated heterocycles. The predicted octanol–water partition coefficient (Wildman–Crippen LogP) is 1.24. The molecule has 0 fully saturated rings. The van der Waals surface area contributed by atoms with Crippen LogP contribution in [0.25, 0.3) is 0 Å². The predicted molar refractivity (Wildman–Crippen MR) is 61.4 cm³/mol. The van der Waals surface area contributed by atoms with Crippen LogP contribution in [-0.4, -0.2) is 17.9 Å². The summed E-state index contributed by atoms with van der Waals surface area (Å²) < 4.78 is 15.0. The first-order valence-electron chi connectivity index (χ1n) is 5.15. The van der Waals surface area contributed by atoms with Crippen LogP contribution in [0.5, 0.6) is 11.5 Å². The van der Waals surface area contributed by atoms with Gasteiger partial charge in [0, 0.05) is 18.2 Å². The van der Waals surface area contributed by atoms with Crippen molar-refractivity contribution in [1.82, 2.24) is 5.16 Å². The maximum Gasteiger partial charge on any atom is 0.277 e. The van der Waals surface area contributed by atoms with Gasteiger partial charge in [-0.3, -0.25) is 4.79 Å². The Kier molecular flexibility index (Phi) is 2.30. The van der Waals surface area contributed by atoms with Gasteiger partial charge in [-0.05, 0) is 0 Å². The van der Waals surface area contributed by atoms with Crippen molar-refractivity contribution in [3.8, 4) is 11.5 Å². The Morgan fingerprint density at radius 2 is 2.11 bits per heavy atom. The summed E-state index contributed by atoms with van der Waals surface area (Å²) in [4.78, 5) is 11.8. The highest BCUT2D eigenvalue weighted by atomic mass is 16.7. The minimum absolute atomic E-state index is 0.148. The largest absolute Gasteiger partial charge is 0.454 e. The summed E-state index contributed by atoms with van der Waals surface area (Å²) in [5.41, 5.74) is 6.80. The van der Waals surface area contributed by atoms with E-state index < -0.39 is 5.91 Å². The van der Waals surface area contributed by atoms with Gasteiger partial charge in [-0.15, -0.1) is 0 Å². The number of hydrogen-bond acceptors (Lipinski definition) is 6. The van der Waals surface area contributed by atoms with Gasteiger partial charge in [0.1, 0.15) is 6.26 Å². The normalized spacial score (nSPS) is 12.4. The molecule has 92 valence electrons. The summed E-state index contributed by atoms with van der Waals surface area (Å²) in [5.74, 6) is 0.695. The average molecular weight is 247 g/mol. The number of hydrogen-bond donors (Lipinski definition) is 2. The summed E-state index contributed by atoms with van der Waals surface area (Å²) in [5, 5.41) is 6.15. The Bertz CT molecular complexity index is 595. The van der Waals surface area contributed by atoms with E-state index in [1.54, 1.807) is 12.1 Å². The standard InChI is InChI=1S/C11H9N3O4/c12-6-3-9-10(17-5-16-9)4-8(6)13-11(15)7-1-2-18-14-7/h1-4H,5,12H2,(H,13,15). The highest BCUT2D eigenvalue weighted by molar-refractivity contribution is 6.04. The molecule has 0 saturated carbocycles. The van der Waals surface area contributed by atoms with Crippen molar-refractivity contribution in [2.24, 2.45) is 0 Å². The lowest BCUT2D eigenvalue weighted by Gasteiger charge is -2.07. The molecule has 0 radical (unpaired) electrons. The van der Waals surface area contributed by atoms with E-state index in [-0.39, 0.29) is 12.5 Å². The lowest BCUT2D eigenvalue weighted by atomic mass is 10.2. The number of benzene rings is 1. The minimum atomic E-state index is -0.408. The fraction of sp³-hybridized carbons (Fsp3) is 0.0909. The number of amides is 1. The third-order valence-electron chi connectivity index (χ3n) is 2.46. The summed E-state index contributed by atoms with van der Waals surface area (Å²) in [6.07, 6.45) is 1.32. The van der Waals surface area contributed by atoms with Gasteiger partial charge in [0.15, 0.2) is 17.2 Å². The van der Waals surface area contributed by atoms with E-state index in [4.69, 9.17) is 15.2 Å². The Morgan fingerprint density at radius 3 is 2.83 bits per heavy atom. The van der Waals surface area contributed by atoms with Crippen LogP contribution >= 0.6 is 0 Å². The fourth-order valence-electron chi connectivity index (χ4n) is 1.58. The number of aromatic nitrogens is 1. The molecule has 2 aromatic rings. The molecule has 0 aliphatic carbocycles. The van der Waals surface area contributed by atoms with Gasteiger partial charge in [0.05, 0.1) is 11.4 Å². The molecule has 1 amide bonds. The van der Waals surface area contributed by atoms with E-state index in [1.165, 1.54) is 12.3 Å². The van der Waals surface area contributed by atoms with E-state index in [1.807, 2.05) is 0 Å². The number of nitrogens with one attached hydrogen (secondary N) is 1. The molecule has 2 heterocycles. The van der Waals surface area contributed by atoms with Crippen LogP contribution < -0.4 is 20.5 Å². The number of ether oxygens (including phenoxy) is 2. The van der Waals surface area contributed by atoms with Crippen molar-refractivity contribution >= 4 is 17.3 Å². The summed E-state index contributed by atoms with van der Waals surface area (Å²) in [7, 11) is 0.